The molecule has 110 valence electrons. The largest absolute Gasteiger partial charge is 0.681 e. The summed E-state index contributed by atoms with van der Waals surface area (Å²) >= 11 is 4.19. The molecule has 1 atom stereocenters. The second-order valence-corrected chi connectivity index (χ2v) is 6.11. The van der Waals surface area contributed by atoms with Crippen LogP contribution in [0.15, 0.2) is 0 Å². The maximum absolute atomic E-state index is 5.83. The molecule has 0 aliphatic carbocycles. The van der Waals surface area contributed by atoms with Crippen LogP contribution in [0, 0.1) is 0 Å². The fourth-order valence-electron chi connectivity index (χ4n) is 1.41. The number of thiol groups is 1. The van der Waals surface area contributed by atoms with Crippen molar-refractivity contribution in [3.63, 3.8) is 0 Å². The molecule has 0 heterocycles. The van der Waals surface area contributed by atoms with E-state index in [0.717, 1.165) is 18.6 Å². The first-order chi connectivity index (χ1) is 8.67. The van der Waals surface area contributed by atoms with Crippen LogP contribution in [-0.4, -0.2) is 48.0 Å². The van der Waals surface area contributed by atoms with Crippen molar-refractivity contribution in [3.8, 4) is 0 Å². The second-order valence-electron chi connectivity index (χ2n) is 3.44. The summed E-state index contributed by atoms with van der Waals surface area (Å²) in [5.74, 6) is 0.789. The van der Waals surface area contributed by atoms with Gasteiger partial charge in [-0.25, -0.2) is 0 Å². The zero-order valence-electron chi connectivity index (χ0n) is 11.8. The molecule has 0 aliphatic rings. The lowest BCUT2D eigenvalue weighted by molar-refractivity contribution is -0.146. The van der Waals surface area contributed by atoms with E-state index in [0.29, 0.717) is 19.8 Å². The van der Waals surface area contributed by atoms with Gasteiger partial charge in [-0.05, 0) is 39.4 Å². The summed E-state index contributed by atoms with van der Waals surface area (Å²) in [7, 11) is -1.53. The maximum Gasteiger partial charge on any atom is 0.681 e. The SMILES string of the molecule is CCOC(CCCS)O[Si](OC)(OCC)OCC. The van der Waals surface area contributed by atoms with Crippen LogP contribution in [0.1, 0.15) is 33.6 Å². The fraction of sp³-hybridized carbons (Fsp3) is 1.00. The van der Waals surface area contributed by atoms with Gasteiger partial charge in [0.05, 0.1) is 0 Å². The molecule has 1 unspecified atom stereocenters. The number of hydrogen-bond acceptors (Lipinski definition) is 6. The average molecular weight is 298 g/mol. The lowest BCUT2D eigenvalue weighted by atomic mass is 10.3. The van der Waals surface area contributed by atoms with E-state index in [1.54, 1.807) is 7.11 Å². The van der Waals surface area contributed by atoms with Crippen LogP contribution < -0.4 is 0 Å². The zero-order valence-corrected chi connectivity index (χ0v) is 13.7. The molecule has 0 rings (SSSR count). The van der Waals surface area contributed by atoms with Gasteiger partial charge in [-0.1, -0.05) is 0 Å². The Morgan fingerprint density at radius 1 is 1.06 bits per heavy atom. The van der Waals surface area contributed by atoms with E-state index in [2.05, 4.69) is 12.6 Å². The Kier molecular flexibility index (Phi) is 11.4. The standard InChI is InChI=1S/C11H26O5SSi/c1-5-13-11(9-8-10-17)16-18(12-4,14-6-2)15-7-3/h11,17H,5-10H2,1-4H3. The zero-order chi connectivity index (χ0) is 13.9. The predicted molar refractivity (Wildman–Crippen MR) is 75.6 cm³/mol. The molecule has 0 bridgehead atoms. The summed E-state index contributed by atoms with van der Waals surface area (Å²) in [5, 5.41) is 0. The molecular formula is C11H26O5SSi. The third-order valence-electron chi connectivity index (χ3n) is 2.12. The summed E-state index contributed by atoms with van der Waals surface area (Å²) in [6.07, 6.45) is 1.28. The van der Waals surface area contributed by atoms with Gasteiger partial charge in [0.2, 0.25) is 0 Å². The van der Waals surface area contributed by atoms with Gasteiger partial charge >= 0.3 is 9.05 Å². The Hall–Kier alpha value is 0.367. The Morgan fingerprint density at radius 2 is 1.67 bits per heavy atom. The Morgan fingerprint density at radius 3 is 2.06 bits per heavy atom. The van der Waals surface area contributed by atoms with Crippen LogP contribution in [0.5, 0.6) is 0 Å². The van der Waals surface area contributed by atoms with Crippen molar-refractivity contribution in [2.75, 3.05) is 32.7 Å². The molecule has 0 fully saturated rings. The minimum Gasteiger partial charge on any atom is -0.355 e. The van der Waals surface area contributed by atoms with Gasteiger partial charge < -0.3 is 22.4 Å². The van der Waals surface area contributed by atoms with Crippen molar-refractivity contribution < 1.29 is 22.4 Å². The van der Waals surface area contributed by atoms with Crippen LogP contribution in [0.2, 0.25) is 0 Å². The second kappa shape index (κ2) is 11.2. The van der Waals surface area contributed by atoms with Gasteiger partial charge in [0.25, 0.3) is 0 Å². The fourth-order valence-corrected chi connectivity index (χ4v) is 3.36. The smallest absolute Gasteiger partial charge is 0.355 e. The minimum absolute atomic E-state index is 0.369. The van der Waals surface area contributed by atoms with Crippen molar-refractivity contribution in [1.29, 1.82) is 0 Å². The summed E-state index contributed by atoms with van der Waals surface area (Å²) < 4.78 is 27.8. The predicted octanol–water partition coefficient (Wildman–Crippen LogP) is 2.23. The van der Waals surface area contributed by atoms with Crippen molar-refractivity contribution in [3.05, 3.63) is 0 Å². The van der Waals surface area contributed by atoms with Crippen molar-refractivity contribution >= 4 is 21.7 Å². The highest BCUT2D eigenvalue weighted by molar-refractivity contribution is 7.80. The molecule has 0 saturated heterocycles. The van der Waals surface area contributed by atoms with Crippen LogP contribution >= 0.6 is 12.6 Å². The Balaban J connectivity index is 4.54. The van der Waals surface area contributed by atoms with Crippen LogP contribution in [-0.2, 0) is 22.4 Å². The van der Waals surface area contributed by atoms with E-state index in [1.807, 2.05) is 20.8 Å². The lowest BCUT2D eigenvalue weighted by Gasteiger charge is -2.29. The highest BCUT2D eigenvalue weighted by atomic mass is 32.1. The van der Waals surface area contributed by atoms with E-state index < -0.39 is 9.05 Å². The summed E-state index contributed by atoms with van der Waals surface area (Å²) in [6.45, 7) is 7.22. The van der Waals surface area contributed by atoms with Crippen LogP contribution in [0.4, 0.5) is 0 Å². The molecule has 5 nitrogen and oxygen atoms in total. The molecule has 0 aliphatic heterocycles. The first-order valence-electron chi connectivity index (χ1n) is 6.41. The highest BCUT2D eigenvalue weighted by Gasteiger charge is 2.46. The first kappa shape index (κ1) is 18.4. The Labute approximate surface area is 117 Å². The average Bonchev–Trinajstić information content (AvgIpc) is 2.36. The quantitative estimate of drug-likeness (QED) is 0.340. The first-order valence-corrected chi connectivity index (χ1v) is 8.67. The monoisotopic (exact) mass is 298 g/mol. The van der Waals surface area contributed by atoms with Gasteiger partial charge in [0, 0.05) is 26.9 Å². The molecule has 18 heavy (non-hydrogen) atoms. The minimum atomic E-state index is -3.07. The van der Waals surface area contributed by atoms with Gasteiger partial charge in [0.15, 0.2) is 6.29 Å². The molecule has 0 spiro atoms. The van der Waals surface area contributed by atoms with Crippen LogP contribution in [0.25, 0.3) is 0 Å². The van der Waals surface area contributed by atoms with E-state index in [1.165, 1.54) is 0 Å². The van der Waals surface area contributed by atoms with Gasteiger partial charge in [0.1, 0.15) is 0 Å². The molecule has 0 aromatic carbocycles. The van der Waals surface area contributed by atoms with Crippen molar-refractivity contribution in [2.24, 2.45) is 0 Å². The third kappa shape index (κ3) is 7.08. The van der Waals surface area contributed by atoms with Crippen LogP contribution in [0.3, 0.4) is 0 Å². The highest BCUT2D eigenvalue weighted by Crippen LogP contribution is 2.17. The number of hydrogen-bond donors (Lipinski definition) is 1. The molecule has 0 aromatic heterocycles. The lowest BCUT2D eigenvalue weighted by Crippen LogP contribution is -2.51. The summed E-state index contributed by atoms with van der Waals surface area (Å²) in [6, 6.07) is 0. The molecule has 0 N–H and O–H groups in total. The number of ether oxygens (including phenoxy) is 1. The molecule has 0 saturated carbocycles. The molecule has 0 amide bonds. The molecule has 7 heteroatoms. The topological polar surface area (TPSA) is 46.2 Å². The molecule has 0 radical (unpaired) electrons. The van der Waals surface area contributed by atoms with E-state index >= 15 is 0 Å². The summed E-state index contributed by atoms with van der Waals surface area (Å²) in [5.41, 5.74) is 0. The van der Waals surface area contributed by atoms with Gasteiger partial charge in [-0.2, -0.15) is 12.6 Å². The van der Waals surface area contributed by atoms with Gasteiger partial charge in [-0.3, -0.25) is 0 Å². The maximum atomic E-state index is 5.83. The van der Waals surface area contributed by atoms with E-state index in [-0.39, 0.29) is 6.29 Å². The van der Waals surface area contributed by atoms with Crippen molar-refractivity contribution in [1.82, 2.24) is 0 Å². The van der Waals surface area contributed by atoms with E-state index in [9.17, 15) is 0 Å². The van der Waals surface area contributed by atoms with Crippen molar-refractivity contribution in [2.45, 2.75) is 39.9 Å². The normalized spacial score (nSPS) is 13.8. The van der Waals surface area contributed by atoms with E-state index in [4.69, 9.17) is 22.4 Å². The molecular weight excluding hydrogens is 272 g/mol. The molecule has 0 aromatic rings. The van der Waals surface area contributed by atoms with Gasteiger partial charge in [-0.15, -0.1) is 0 Å². The number of rotatable bonds is 12. The summed E-state index contributed by atoms with van der Waals surface area (Å²) in [4.78, 5) is 0. The third-order valence-corrected chi connectivity index (χ3v) is 4.77. The Bertz CT molecular complexity index is 190.